The molecule has 1 aliphatic carbocycles. The largest absolute Gasteiger partial charge is 0.391 e. The van der Waals surface area contributed by atoms with E-state index in [1.807, 2.05) is 6.92 Å². The summed E-state index contributed by atoms with van der Waals surface area (Å²) in [5.41, 5.74) is 18.4. The Morgan fingerprint density at radius 2 is 1.42 bits per heavy atom. The lowest BCUT2D eigenvalue weighted by Crippen LogP contribution is -2.67. The minimum absolute atomic E-state index is 0.226. The minimum atomic E-state index is -1.45. The van der Waals surface area contributed by atoms with E-state index in [1.165, 1.54) is 6.92 Å². The van der Waals surface area contributed by atoms with Crippen LogP contribution in [0.2, 0.25) is 0 Å². The molecule has 2 heterocycles. The summed E-state index contributed by atoms with van der Waals surface area (Å²) in [6, 6.07) is -2.43. The fraction of sp³-hybridized carbons (Fsp3) is 1.00. The van der Waals surface area contributed by atoms with Crippen molar-refractivity contribution < 1.29 is 49.6 Å². The Morgan fingerprint density at radius 1 is 0.833 bits per heavy atom. The topological polar surface area (TPSA) is 236 Å². The molecule has 0 bridgehead atoms. The number of aliphatic hydroxyl groups excluding tert-OH is 6. The molecule has 3 fully saturated rings. The highest BCUT2D eigenvalue weighted by Gasteiger charge is 2.53. The Balaban J connectivity index is 1.83. The van der Waals surface area contributed by atoms with Gasteiger partial charge in [-0.1, -0.05) is 19.8 Å². The first-order valence-electron chi connectivity index (χ1n) is 12.9. The standard InChI is InChI=1S/C23H45N3O10/c1-4-5-6-10-7-11(25)20(35-22-12(26)14(29)15(30)19(34-22)9(3)27)21(13(10)28)36-23-17(32)16(31)18(33-23)8(2)24/h8-23,27-32H,4-7,24-26H2,1-3H3/t8-,9+,10+,11?,12?,13?,14+,15-,16+,17?,18+,19?,20+,21+,22+,23-/m0/s1. The quantitative estimate of drug-likeness (QED) is 0.143. The predicted molar refractivity (Wildman–Crippen MR) is 126 cm³/mol. The summed E-state index contributed by atoms with van der Waals surface area (Å²) in [5, 5.41) is 62.8. The first kappa shape index (κ1) is 30.0. The lowest BCUT2D eigenvalue weighted by molar-refractivity contribution is -0.317. The Bertz CT molecular complexity index is 691. The van der Waals surface area contributed by atoms with Gasteiger partial charge in [-0.15, -0.1) is 0 Å². The van der Waals surface area contributed by atoms with E-state index in [0.717, 1.165) is 12.8 Å². The highest BCUT2D eigenvalue weighted by molar-refractivity contribution is 5.01. The molecule has 0 amide bonds. The number of rotatable bonds is 9. The van der Waals surface area contributed by atoms with Crippen molar-refractivity contribution in [3.8, 4) is 0 Å². The zero-order valence-electron chi connectivity index (χ0n) is 21.1. The van der Waals surface area contributed by atoms with Crippen LogP contribution in [0.15, 0.2) is 0 Å². The van der Waals surface area contributed by atoms with Crippen LogP contribution in [-0.2, 0) is 18.9 Å². The molecule has 16 atom stereocenters. The molecule has 0 spiro atoms. The van der Waals surface area contributed by atoms with Crippen LogP contribution in [0.4, 0.5) is 0 Å². The van der Waals surface area contributed by atoms with E-state index in [4.69, 9.17) is 36.1 Å². The van der Waals surface area contributed by atoms with Crippen LogP contribution in [0.1, 0.15) is 46.5 Å². The SMILES string of the molecule is CCCC[C@@H]1CC(N)[C@@H](O[C@H]2OC([C@@H](C)O)[C@@H](O)[C@H](O)C2N)[C@H](O[C@@H]2O[C@H]([C@H](C)N)[C@H](O)C2O)C1O. The molecule has 2 aliphatic heterocycles. The second kappa shape index (κ2) is 12.6. The third-order valence-electron chi connectivity index (χ3n) is 7.59. The zero-order chi connectivity index (χ0) is 26.9. The fourth-order valence-corrected chi connectivity index (χ4v) is 5.38. The molecule has 2 saturated heterocycles. The van der Waals surface area contributed by atoms with Crippen LogP contribution >= 0.6 is 0 Å². The molecule has 212 valence electrons. The van der Waals surface area contributed by atoms with E-state index in [1.54, 1.807) is 6.92 Å². The summed E-state index contributed by atoms with van der Waals surface area (Å²) in [6.07, 6.45) is -11.7. The number of unbranched alkanes of at least 4 members (excludes halogenated alkanes) is 1. The number of aliphatic hydroxyl groups is 6. The van der Waals surface area contributed by atoms with Crippen molar-refractivity contribution in [1.82, 2.24) is 0 Å². The van der Waals surface area contributed by atoms with Crippen LogP contribution in [0.25, 0.3) is 0 Å². The van der Waals surface area contributed by atoms with Crippen molar-refractivity contribution in [2.24, 2.45) is 23.1 Å². The van der Waals surface area contributed by atoms with Gasteiger partial charge in [0.2, 0.25) is 0 Å². The minimum Gasteiger partial charge on any atom is -0.391 e. The van der Waals surface area contributed by atoms with E-state index >= 15 is 0 Å². The van der Waals surface area contributed by atoms with Crippen LogP contribution < -0.4 is 17.2 Å². The number of hydrogen-bond donors (Lipinski definition) is 9. The van der Waals surface area contributed by atoms with Crippen molar-refractivity contribution in [2.45, 2.75) is 138 Å². The molecule has 13 heteroatoms. The third-order valence-corrected chi connectivity index (χ3v) is 7.59. The van der Waals surface area contributed by atoms with Gasteiger partial charge in [0.15, 0.2) is 12.6 Å². The normalized spacial score (nSPS) is 49.7. The molecule has 3 rings (SSSR count). The van der Waals surface area contributed by atoms with Gasteiger partial charge in [-0.05, 0) is 32.6 Å². The zero-order valence-corrected chi connectivity index (χ0v) is 21.1. The van der Waals surface area contributed by atoms with Crippen molar-refractivity contribution in [3.63, 3.8) is 0 Å². The molecule has 3 aliphatic rings. The molecule has 12 N–H and O–H groups in total. The van der Waals surface area contributed by atoms with Gasteiger partial charge in [0, 0.05) is 12.1 Å². The Morgan fingerprint density at radius 3 is 1.97 bits per heavy atom. The number of hydrogen-bond acceptors (Lipinski definition) is 13. The molecule has 0 aromatic heterocycles. The summed E-state index contributed by atoms with van der Waals surface area (Å²) in [4.78, 5) is 0. The highest BCUT2D eigenvalue weighted by atomic mass is 16.7. The van der Waals surface area contributed by atoms with Crippen LogP contribution in [0.5, 0.6) is 0 Å². The maximum Gasteiger partial charge on any atom is 0.187 e. The molecule has 0 aromatic carbocycles. The summed E-state index contributed by atoms with van der Waals surface area (Å²) in [6.45, 7) is 5.06. The monoisotopic (exact) mass is 523 g/mol. The van der Waals surface area contributed by atoms with Gasteiger partial charge in [-0.25, -0.2) is 0 Å². The van der Waals surface area contributed by atoms with E-state index in [-0.39, 0.29) is 5.92 Å². The third kappa shape index (κ3) is 6.20. The first-order valence-corrected chi connectivity index (χ1v) is 12.9. The summed E-state index contributed by atoms with van der Waals surface area (Å²) in [5.74, 6) is -0.226. The van der Waals surface area contributed by atoms with Gasteiger partial charge >= 0.3 is 0 Å². The van der Waals surface area contributed by atoms with E-state index in [9.17, 15) is 30.6 Å². The summed E-state index contributed by atoms with van der Waals surface area (Å²) >= 11 is 0. The molecule has 5 unspecified atom stereocenters. The summed E-state index contributed by atoms with van der Waals surface area (Å²) in [7, 11) is 0. The lowest BCUT2D eigenvalue weighted by Gasteiger charge is -2.48. The molecule has 0 radical (unpaired) electrons. The average molecular weight is 524 g/mol. The van der Waals surface area contributed by atoms with Crippen molar-refractivity contribution in [1.29, 1.82) is 0 Å². The Hall–Kier alpha value is -0.520. The number of ether oxygens (including phenoxy) is 4. The van der Waals surface area contributed by atoms with E-state index in [2.05, 4.69) is 0 Å². The average Bonchev–Trinajstić information content (AvgIpc) is 3.10. The molecule has 1 saturated carbocycles. The molecular formula is C23H45N3O10. The van der Waals surface area contributed by atoms with Crippen molar-refractivity contribution in [3.05, 3.63) is 0 Å². The van der Waals surface area contributed by atoms with Crippen LogP contribution in [0.3, 0.4) is 0 Å². The Kier molecular flexibility index (Phi) is 10.5. The van der Waals surface area contributed by atoms with Gasteiger partial charge in [0.05, 0.1) is 18.2 Å². The van der Waals surface area contributed by atoms with Crippen LogP contribution in [0, 0.1) is 5.92 Å². The molecular weight excluding hydrogens is 478 g/mol. The second-order valence-electron chi connectivity index (χ2n) is 10.6. The predicted octanol–water partition coefficient (Wildman–Crippen LogP) is -3.40. The first-order chi connectivity index (χ1) is 16.9. The smallest absolute Gasteiger partial charge is 0.187 e. The van der Waals surface area contributed by atoms with Gasteiger partial charge in [0.1, 0.15) is 48.8 Å². The Labute approximate surface area is 211 Å². The van der Waals surface area contributed by atoms with Gasteiger partial charge in [0.25, 0.3) is 0 Å². The highest BCUT2D eigenvalue weighted by Crippen LogP contribution is 2.36. The van der Waals surface area contributed by atoms with Crippen LogP contribution in [-0.4, -0.2) is 122 Å². The van der Waals surface area contributed by atoms with Gasteiger partial charge in [-0.2, -0.15) is 0 Å². The molecule has 0 aromatic rings. The van der Waals surface area contributed by atoms with E-state index < -0.39 is 91.7 Å². The van der Waals surface area contributed by atoms with Gasteiger partial charge in [-0.3, -0.25) is 0 Å². The molecule has 36 heavy (non-hydrogen) atoms. The van der Waals surface area contributed by atoms with Crippen molar-refractivity contribution >= 4 is 0 Å². The maximum atomic E-state index is 11.3. The fourth-order valence-electron chi connectivity index (χ4n) is 5.38. The molecule has 13 nitrogen and oxygen atoms in total. The second-order valence-corrected chi connectivity index (χ2v) is 10.6. The van der Waals surface area contributed by atoms with Gasteiger partial charge < -0.3 is 66.8 Å². The van der Waals surface area contributed by atoms with E-state index in [0.29, 0.717) is 12.8 Å². The van der Waals surface area contributed by atoms with Crippen molar-refractivity contribution in [2.75, 3.05) is 0 Å². The maximum absolute atomic E-state index is 11.3. The number of nitrogens with two attached hydrogens (primary N) is 3. The summed E-state index contributed by atoms with van der Waals surface area (Å²) < 4.78 is 23.5. The lowest BCUT2D eigenvalue weighted by atomic mass is 9.77.